The number of thiazole rings is 1. The van der Waals surface area contributed by atoms with Gasteiger partial charge in [0.25, 0.3) is 10.0 Å². The van der Waals surface area contributed by atoms with Gasteiger partial charge in [-0.2, -0.15) is 4.31 Å². The molecular weight excluding hydrogens is 499 g/mol. The fourth-order valence-corrected chi connectivity index (χ4v) is 7.97. The minimum Gasteiger partial charge on any atom is -0.274 e. The van der Waals surface area contributed by atoms with Crippen molar-refractivity contribution < 1.29 is 13.2 Å². The molecule has 1 fully saturated rings. The summed E-state index contributed by atoms with van der Waals surface area (Å²) in [6.45, 7) is 4.94. The largest absolute Gasteiger partial charge is 0.274 e. The Balaban J connectivity index is 1.42. The number of carbonyl (C=O) groups is 1. The summed E-state index contributed by atoms with van der Waals surface area (Å²) in [7, 11) is -3.51. The number of carbonyl (C=O) groups excluding carboxylic acids is 1. The molecule has 182 valence electrons. The summed E-state index contributed by atoms with van der Waals surface area (Å²) in [5.41, 5.74) is 2.85. The summed E-state index contributed by atoms with van der Waals surface area (Å²) in [6.07, 6.45) is 0.962. The second kappa shape index (κ2) is 9.81. The number of rotatable bonds is 6. The molecule has 0 N–H and O–H groups in total. The number of fused-ring (bicyclic) bond motifs is 1. The van der Waals surface area contributed by atoms with Crippen LogP contribution in [0, 0.1) is 5.92 Å². The number of piperidine rings is 1. The number of para-hydroxylation sites is 1. The predicted octanol–water partition coefficient (Wildman–Crippen LogP) is 6.25. The zero-order valence-corrected chi connectivity index (χ0v) is 22.1. The van der Waals surface area contributed by atoms with E-state index in [0.29, 0.717) is 41.2 Å². The molecule has 0 atom stereocenters. The zero-order valence-electron chi connectivity index (χ0n) is 19.6. The third-order valence-electron chi connectivity index (χ3n) is 6.40. The van der Waals surface area contributed by atoms with Crippen LogP contribution in [0.5, 0.6) is 0 Å². The summed E-state index contributed by atoms with van der Waals surface area (Å²) in [6, 6.07) is 19.3. The highest BCUT2D eigenvalue weighted by atomic mass is 32.2. The maximum atomic E-state index is 13.9. The van der Waals surface area contributed by atoms with Crippen LogP contribution in [0.15, 0.2) is 70.3 Å². The minimum atomic E-state index is -3.51. The van der Waals surface area contributed by atoms with E-state index in [4.69, 9.17) is 4.98 Å². The fraction of sp³-hybridized carbons (Fsp3) is 0.308. The van der Waals surface area contributed by atoms with Crippen molar-refractivity contribution >= 4 is 59.6 Å². The molecule has 6 nitrogen and oxygen atoms in total. The van der Waals surface area contributed by atoms with Crippen molar-refractivity contribution in [3.63, 3.8) is 0 Å². The van der Waals surface area contributed by atoms with Gasteiger partial charge in [-0.15, -0.1) is 11.3 Å². The number of anilines is 2. The number of sulfonamides is 1. The SMILES string of the molecule is CC(C)c1ccc(N(C(=O)C2CCN(S(=O)(=O)c3cccs3)CC2)c2nc3ccccc3s2)cc1. The van der Waals surface area contributed by atoms with Crippen molar-refractivity contribution in [1.29, 1.82) is 0 Å². The Kier molecular flexibility index (Phi) is 6.76. The van der Waals surface area contributed by atoms with E-state index in [1.165, 1.54) is 32.5 Å². The molecule has 35 heavy (non-hydrogen) atoms. The highest BCUT2D eigenvalue weighted by molar-refractivity contribution is 7.91. The van der Waals surface area contributed by atoms with Crippen LogP contribution < -0.4 is 4.90 Å². The van der Waals surface area contributed by atoms with E-state index in [1.54, 1.807) is 22.4 Å². The number of hydrogen-bond donors (Lipinski definition) is 0. The summed E-state index contributed by atoms with van der Waals surface area (Å²) >= 11 is 2.72. The summed E-state index contributed by atoms with van der Waals surface area (Å²) in [5, 5.41) is 2.41. The van der Waals surface area contributed by atoms with E-state index >= 15 is 0 Å². The van der Waals surface area contributed by atoms with Crippen molar-refractivity contribution in [1.82, 2.24) is 9.29 Å². The Hall–Kier alpha value is -2.59. The van der Waals surface area contributed by atoms with Crippen LogP contribution in [-0.2, 0) is 14.8 Å². The molecule has 0 bridgehead atoms. The molecule has 5 rings (SSSR count). The molecule has 4 aromatic rings. The first-order valence-electron chi connectivity index (χ1n) is 11.7. The van der Waals surface area contributed by atoms with Crippen molar-refractivity contribution in [2.75, 3.05) is 18.0 Å². The third-order valence-corrected chi connectivity index (χ3v) is 10.7. The van der Waals surface area contributed by atoms with Gasteiger partial charge in [0.2, 0.25) is 5.91 Å². The average Bonchev–Trinajstić information content (AvgIpc) is 3.55. The fourth-order valence-electron chi connectivity index (χ4n) is 4.36. The number of amides is 1. The first-order chi connectivity index (χ1) is 16.8. The van der Waals surface area contributed by atoms with Gasteiger partial charge in [0.05, 0.1) is 15.9 Å². The topological polar surface area (TPSA) is 70.6 Å². The van der Waals surface area contributed by atoms with Crippen molar-refractivity contribution in [3.8, 4) is 0 Å². The third kappa shape index (κ3) is 4.78. The Bertz CT molecular complexity index is 1390. The molecule has 2 aromatic carbocycles. The molecule has 3 heterocycles. The van der Waals surface area contributed by atoms with E-state index in [9.17, 15) is 13.2 Å². The van der Waals surface area contributed by atoms with Gasteiger partial charge < -0.3 is 0 Å². The molecule has 2 aromatic heterocycles. The van der Waals surface area contributed by atoms with Gasteiger partial charge in [-0.1, -0.05) is 55.5 Å². The van der Waals surface area contributed by atoms with Gasteiger partial charge in [0.15, 0.2) is 5.13 Å². The molecule has 0 unspecified atom stereocenters. The standard InChI is InChI=1S/C26H27N3O3S3/c1-18(2)19-9-11-21(12-10-19)29(26-27-22-6-3-4-7-23(22)34-26)25(30)20-13-15-28(16-14-20)35(31,32)24-8-5-17-33-24/h3-12,17-18,20H,13-16H2,1-2H3. The van der Waals surface area contributed by atoms with Gasteiger partial charge in [-0.25, -0.2) is 13.4 Å². The van der Waals surface area contributed by atoms with Crippen LogP contribution in [0.25, 0.3) is 10.2 Å². The molecule has 0 saturated carbocycles. The van der Waals surface area contributed by atoms with Crippen molar-refractivity contribution in [3.05, 3.63) is 71.6 Å². The van der Waals surface area contributed by atoms with Crippen molar-refractivity contribution in [2.24, 2.45) is 5.92 Å². The van der Waals surface area contributed by atoms with Gasteiger partial charge in [-0.05, 0) is 60.0 Å². The number of nitrogens with zero attached hydrogens (tertiary/aromatic N) is 3. The molecule has 0 spiro atoms. The number of thiophene rings is 1. The molecule has 1 aliphatic rings. The van der Waals surface area contributed by atoms with Crippen LogP contribution in [0.3, 0.4) is 0 Å². The number of benzene rings is 2. The molecule has 0 radical (unpaired) electrons. The smallest absolute Gasteiger partial charge is 0.252 e. The lowest BCUT2D eigenvalue weighted by Crippen LogP contribution is -2.43. The predicted molar refractivity (Wildman–Crippen MR) is 143 cm³/mol. The van der Waals surface area contributed by atoms with E-state index in [1.807, 2.05) is 36.4 Å². The van der Waals surface area contributed by atoms with Gasteiger partial charge in [-0.3, -0.25) is 9.69 Å². The minimum absolute atomic E-state index is 0.0328. The van der Waals surface area contributed by atoms with E-state index in [2.05, 4.69) is 26.0 Å². The van der Waals surface area contributed by atoms with Gasteiger partial charge in [0, 0.05) is 19.0 Å². The van der Waals surface area contributed by atoms with E-state index in [0.717, 1.165) is 15.9 Å². The lowest BCUT2D eigenvalue weighted by Gasteiger charge is -2.32. The second-order valence-corrected chi connectivity index (χ2v) is 13.1. The number of hydrogen-bond acceptors (Lipinski definition) is 6. The molecule has 1 amide bonds. The van der Waals surface area contributed by atoms with Crippen LogP contribution in [0.2, 0.25) is 0 Å². The summed E-state index contributed by atoms with van der Waals surface area (Å²) < 4.78 is 28.7. The first-order valence-corrected chi connectivity index (χ1v) is 14.8. The van der Waals surface area contributed by atoms with Crippen LogP contribution in [0.1, 0.15) is 38.2 Å². The van der Waals surface area contributed by atoms with Crippen LogP contribution >= 0.6 is 22.7 Å². The highest BCUT2D eigenvalue weighted by Gasteiger charge is 2.36. The Labute approximate surface area is 213 Å². The molecule has 1 saturated heterocycles. The Morgan fingerprint density at radius 3 is 2.37 bits per heavy atom. The van der Waals surface area contributed by atoms with E-state index in [-0.39, 0.29) is 11.8 Å². The lowest BCUT2D eigenvalue weighted by atomic mass is 9.96. The maximum absolute atomic E-state index is 13.9. The molecule has 9 heteroatoms. The van der Waals surface area contributed by atoms with E-state index < -0.39 is 10.0 Å². The monoisotopic (exact) mass is 525 g/mol. The highest BCUT2D eigenvalue weighted by Crippen LogP contribution is 2.37. The van der Waals surface area contributed by atoms with Crippen LogP contribution in [-0.4, -0.2) is 36.7 Å². The van der Waals surface area contributed by atoms with Crippen LogP contribution in [0.4, 0.5) is 10.8 Å². The quantitative estimate of drug-likeness (QED) is 0.298. The maximum Gasteiger partial charge on any atom is 0.252 e. The first kappa shape index (κ1) is 24.1. The molecule has 1 aliphatic heterocycles. The molecular formula is C26H27N3O3S3. The Morgan fingerprint density at radius 2 is 1.74 bits per heavy atom. The Morgan fingerprint density at radius 1 is 1.03 bits per heavy atom. The van der Waals surface area contributed by atoms with Gasteiger partial charge >= 0.3 is 0 Å². The second-order valence-electron chi connectivity index (χ2n) is 8.99. The number of aromatic nitrogens is 1. The molecule has 0 aliphatic carbocycles. The zero-order chi connectivity index (χ0) is 24.6. The average molecular weight is 526 g/mol. The summed E-state index contributed by atoms with van der Waals surface area (Å²) in [5.74, 6) is 0.0846. The lowest BCUT2D eigenvalue weighted by molar-refractivity contribution is -0.122. The van der Waals surface area contributed by atoms with Gasteiger partial charge in [0.1, 0.15) is 4.21 Å². The summed E-state index contributed by atoms with van der Waals surface area (Å²) in [4.78, 5) is 20.4. The van der Waals surface area contributed by atoms with Crippen molar-refractivity contribution in [2.45, 2.75) is 36.8 Å². The normalized spacial score (nSPS) is 15.6.